The van der Waals surface area contributed by atoms with Crippen LogP contribution in [0.2, 0.25) is 0 Å². The number of aromatic nitrogens is 3. The van der Waals surface area contributed by atoms with E-state index in [4.69, 9.17) is 4.98 Å². The molecule has 0 saturated carbocycles. The first-order valence-electron chi connectivity index (χ1n) is 7.27. The number of para-hydroxylation sites is 5. The van der Waals surface area contributed by atoms with Crippen LogP contribution in [0.4, 0.5) is 0 Å². The second-order valence-corrected chi connectivity index (χ2v) is 5.31. The first-order valence-corrected chi connectivity index (χ1v) is 7.27. The van der Waals surface area contributed by atoms with Crippen molar-refractivity contribution in [1.82, 2.24) is 14.0 Å². The zero-order valence-corrected chi connectivity index (χ0v) is 14.5. The molecule has 0 unspecified atom stereocenters. The molecule has 1 radical (unpaired) electrons. The van der Waals surface area contributed by atoms with Crippen LogP contribution in [0.5, 0.6) is 0 Å². The van der Waals surface area contributed by atoms with Gasteiger partial charge in [-0.25, -0.2) is 4.98 Å². The molecule has 0 bridgehead atoms. The average molecular weight is 475 g/mol. The fourth-order valence-electron chi connectivity index (χ4n) is 3.11. The van der Waals surface area contributed by atoms with Crippen LogP contribution >= 0.6 is 0 Å². The Morgan fingerprint density at radius 1 is 0.739 bits per heavy atom. The van der Waals surface area contributed by atoms with Gasteiger partial charge in [-0.05, 0) is 24.3 Å². The molecule has 5 aromatic rings. The van der Waals surface area contributed by atoms with Gasteiger partial charge in [0.05, 0.1) is 22.1 Å². The fraction of sp³-hybridized carbons (Fsp3) is 0. The van der Waals surface area contributed by atoms with E-state index >= 15 is 0 Å². The Balaban J connectivity index is 0.00000135. The van der Waals surface area contributed by atoms with Crippen molar-refractivity contribution in [3.8, 4) is 5.69 Å². The van der Waals surface area contributed by atoms with Gasteiger partial charge in [-0.1, -0.05) is 30.0 Å². The largest absolute Gasteiger partial charge is 0.302 e. The van der Waals surface area contributed by atoms with Gasteiger partial charge in [-0.3, -0.25) is 4.40 Å². The molecule has 113 valence electrons. The second-order valence-electron chi connectivity index (χ2n) is 5.31. The van der Waals surface area contributed by atoms with E-state index in [1.54, 1.807) is 0 Å². The molecule has 0 spiro atoms. The van der Waals surface area contributed by atoms with E-state index in [0.29, 0.717) is 0 Å². The monoisotopic (exact) mass is 475 g/mol. The Bertz CT molecular complexity index is 1120. The average Bonchev–Trinajstić information content (AvgIpc) is 3.10. The van der Waals surface area contributed by atoms with Crippen LogP contribution in [-0.2, 0) is 20.1 Å². The number of hydrogen-bond acceptors (Lipinski definition) is 1. The van der Waals surface area contributed by atoms with Crippen molar-refractivity contribution in [3.05, 3.63) is 78.9 Å². The number of imidazole rings is 2. The molecule has 4 heteroatoms. The minimum atomic E-state index is 0. The number of benzene rings is 3. The van der Waals surface area contributed by atoms with Crippen molar-refractivity contribution >= 4 is 27.8 Å². The normalized spacial score (nSPS) is 11.1. The Morgan fingerprint density at radius 3 is 2.22 bits per heavy atom. The summed E-state index contributed by atoms with van der Waals surface area (Å²) in [6.45, 7) is 0. The van der Waals surface area contributed by atoms with Crippen LogP contribution in [0.25, 0.3) is 33.5 Å². The Hall–Kier alpha value is -2.42. The summed E-state index contributed by atoms with van der Waals surface area (Å²) >= 11 is 0. The third kappa shape index (κ3) is 1.96. The maximum atomic E-state index is 4.83. The van der Waals surface area contributed by atoms with Gasteiger partial charge in [0.25, 0.3) is 0 Å². The summed E-state index contributed by atoms with van der Waals surface area (Å²) in [7, 11) is 0. The molecule has 0 aliphatic carbocycles. The predicted molar refractivity (Wildman–Crippen MR) is 88.4 cm³/mol. The summed E-state index contributed by atoms with van der Waals surface area (Å²) in [6, 6.07) is 27.9. The fourth-order valence-corrected chi connectivity index (χ4v) is 3.11. The SMILES string of the molecule is [Ir].[c-]1ccccc1-n1c2ccccc2n2c3ccccc3nc12. The number of rotatable bonds is 1. The predicted octanol–water partition coefficient (Wildman–Crippen LogP) is 4.23. The molecule has 23 heavy (non-hydrogen) atoms. The summed E-state index contributed by atoms with van der Waals surface area (Å²) in [4.78, 5) is 4.83. The van der Waals surface area contributed by atoms with Crippen LogP contribution in [-0.4, -0.2) is 14.0 Å². The molecular weight excluding hydrogens is 462 g/mol. The Labute approximate surface area is 146 Å². The molecule has 0 saturated heterocycles. The van der Waals surface area contributed by atoms with Crippen molar-refractivity contribution in [1.29, 1.82) is 0 Å². The number of fused-ring (bicyclic) bond motifs is 5. The Kier molecular flexibility index (Phi) is 3.29. The van der Waals surface area contributed by atoms with E-state index in [9.17, 15) is 0 Å². The zero-order chi connectivity index (χ0) is 14.5. The quantitative estimate of drug-likeness (QED) is 0.334. The van der Waals surface area contributed by atoms with Gasteiger partial charge in [0.1, 0.15) is 0 Å². The molecule has 0 fully saturated rings. The van der Waals surface area contributed by atoms with Crippen LogP contribution in [0.15, 0.2) is 72.8 Å². The second kappa shape index (κ2) is 5.34. The minimum Gasteiger partial charge on any atom is -0.302 e. The molecule has 0 N–H and O–H groups in total. The summed E-state index contributed by atoms with van der Waals surface area (Å²) in [5, 5.41) is 0. The van der Waals surface area contributed by atoms with Crippen LogP contribution in [0.1, 0.15) is 0 Å². The van der Waals surface area contributed by atoms with E-state index in [2.05, 4.69) is 63.6 Å². The van der Waals surface area contributed by atoms with Gasteiger partial charge in [0, 0.05) is 20.1 Å². The molecule has 5 rings (SSSR count). The van der Waals surface area contributed by atoms with E-state index in [-0.39, 0.29) is 20.1 Å². The molecule has 0 atom stereocenters. The molecule has 2 aromatic heterocycles. The molecule has 0 aliphatic heterocycles. The van der Waals surface area contributed by atoms with E-state index in [0.717, 1.165) is 33.5 Å². The summed E-state index contributed by atoms with van der Waals surface area (Å²) in [5.41, 5.74) is 5.43. The van der Waals surface area contributed by atoms with E-state index in [1.165, 1.54) is 0 Å². The van der Waals surface area contributed by atoms with E-state index < -0.39 is 0 Å². The van der Waals surface area contributed by atoms with E-state index in [1.807, 2.05) is 24.3 Å². The molecule has 2 heterocycles. The summed E-state index contributed by atoms with van der Waals surface area (Å²) in [5.74, 6) is 0.921. The smallest absolute Gasteiger partial charge is 0.218 e. The van der Waals surface area contributed by atoms with Gasteiger partial charge in [-0.15, -0.1) is 6.07 Å². The van der Waals surface area contributed by atoms with Crippen molar-refractivity contribution in [2.75, 3.05) is 0 Å². The van der Waals surface area contributed by atoms with Crippen LogP contribution in [0, 0.1) is 6.07 Å². The van der Waals surface area contributed by atoms with Gasteiger partial charge in [0.15, 0.2) is 0 Å². The van der Waals surface area contributed by atoms with Crippen LogP contribution in [0.3, 0.4) is 0 Å². The summed E-state index contributed by atoms with van der Waals surface area (Å²) < 4.78 is 4.38. The molecular formula is C19H12IrN3-. The first kappa shape index (κ1) is 14.2. The maximum Gasteiger partial charge on any atom is 0.218 e. The van der Waals surface area contributed by atoms with Gasteiger partial charge in [0.2, 0.25) is 5.78 Å². The Morgan fingerprint density at radius 2 is 1.43 bits per heavy atom. The molecule has 0 aliphatic rings. The maximum absolute atomic E-state index is 4.83. The summed E-state index contributed by atoms with van der Waals surface area (Å²) in [6.07, 6.45) is 0. The molecule has 3 aromatic carbocycles. The van der Waals surface area contributed by atoms with Gasteiger partial charge >= 0.3 is 0 Å². The first-order chi connectivity index (χ1) is 10.9. The standard InChI is InChI=1S/C19H12N3.Ir/c1-2-8-14(9-3-1)21-17-12-6-7-13-18(17)22-16-11-5-4-10-15(16)20-19(21)22;/h1-8,10-13H;/q-1;. The van der Waals surface area contributed by atoms with Crippen molar-refractivity contribution in [3.63, 3.8) is 0 Å². The number of hydrogen-bond donors (Lipinski definition) is 0. The minimum absolute atomic E-state index is 0. The van der Waals surface area contributed by atoms with Crippen molar-refractivity contribution < 1.29 is 20.1 Å². The number of nitrogens with zero attached hydrogens (tertiary/aromatic N) is 3. The van der Waals surface area contributed by atoms with Gasteiger partial charge < -0.3 is 4.57 Å². The van der Waals surface area contributed by atoms with Gasteiger partial charge in [-0.2, -0.15) is 24.3 Å². The molecule has 0 amide bonds. The third-order valence-electron chi connectivity index (χ3n) is 4.04. The van der Waals surface area contributed by atoms with Crippen molar-refractivity contribution in [2.24, 2.45) is 0 Å². The topological polar surface area (TPSA) is 22.2 Å². The third-order valence-corrected chi connectivity index (χ3v) is 4.04. The van der Waals surface area contributed by atoms with Crippen molar-refractivity contribution in [2.45, 2.75) is 0 Å². The molecule has 3 nitrogen and oxygen atoms in total. The zero-order valence-electron chi connectivity index (χ0n) is 12.1. The van der Waals surface area contributed by atoms with Crippen LogP contribution < -0.4 is 0 Å².